The van der Waals surface area contributed by atoms with E-state index in [9.17, 15) is 9.18 Å². The molecule has 51 heavy (non-hydrogen) atoms. The molecule has 0 heterocycles. The second kappa shape index (κ2) is 13.2. The first-order chi connectivity index (χ1) is 24.6. The summed E-state index contributed by atoms with van der Waals surface area (Å²) >= 11 is 0. The van der Waals surface area contributed by atoms with Crippen molar-refractivity contribution in [1.29, 1.82) is 0 Å². The third-order valence-electron chi connectivity index (χ3n) is 10.1. The van der Waals surface area contributed by atoms with Gasteiger partial charge >= 0.3 is 23.0 Å². The van der Waals surface area contributed by atoms with Crippen molar-refractivity contribution in [1.82, 2.24) is 0 Å². The molecule has 0 radical (unpaired) electrons. The topological polar surface area (TPSA) is 26.3 Å². The van der Waals surface area contributed by atoms with Crippen LogP contribution < -0.4 is 9.96 Å². The molecule has 0 aromatic heterocycles. The average Bonchev–Trinajstić information content (AvgIpc) is 3.93. The summed E-state index contributed by atoms with van der Waals surface area (Å²) in [4.78, 5) is 13.5. The van der Waals surface area contributed by atoms with Crippen molar-refractivity contribution in [3.63, 3.8) is 0 Å². The third-order valence-corrected chi connectivity index (χ3v) is 10.1. The number of hydrogen-bond donors (Lipinski definition) is 0. The Hall–Kier alpha value is -5.80. The van der Waals surface area contributed by atoms with Crippen LogP contribution in [0.5, 0.6) is 5.75 Å². The Labute approximate surface area is 305 Å². The number of halogens is 1. The zero-order chi connectivity index (χ0) is 33.7. The molecule has 0 saturated carbocycles. The number of benzene rings is 7. The Morgan fingerprint density at radius 1 is 0.667 bits per heavy atom. The number of hydrogen-bond acceptors (Lipinski definition) is 2. The van der Waals surface area contributed by atoms with Gasteiger partial charge in [-0.05, 0) is 84.8 Å². The van der Waals surface area contributed by atoms with E-state index in [2.05, 4.69) is 97.1 Å². The maximum Gasteiger partial charge on any atom is 2.00 e. The van der Waals surface area contributed by atoms with Crippen LogP contribution in [0.2, 0.25) is 0 Å². The fourth-order valence-electron chi connectivity index (χ4n) is 7.88. The van der Waals surface area contributed by atoms with Crippen LogP contribution in [-0.4, -0.2) is 5.97 Å². The monoisotopic (exact) mass is 702 g/mol. The largest absolute Gasteiger partial charge is 2.00 e. The van der Waals surface area contributed by atoms with Crippen LogP contribution >= 0.6 is 0 Å². The predicted octanol–water partition coefficient (Wildman–Crippen LogP) is 10.8. The molecule has 0 spiro atoms. The molecule has 9 aromatic rings. The summed E-state index contributed by atoms with van der Waals surface area (Å²) in [5, 5.41) is 9.67. The molecule has 0 aliphatic heterocycles. The summed E-state index contributed by atoms with van der Waals surface area (Å²) in [6, 6.07) is 56.4. The molecule has 0 bridgehead atoms. The van der Waals surface area contributed by atoms with Crippen molar-refractivity contribution in [3.8, 4) is 5.75 Å². The van der Waals surface area contributed by atoms with Gasteiger partial charge in [-0.15, -0.1) is 5.56 Å². The van der Waals surface area contributed by atoms with Crippen LogP contribution in [0.4, 0.5) is 4.39 Å². The van der Waals surface area contributed by atoms with Crippen molar-refractivity contribution in [3.05, 3.63) is 203 Å². The minimum atomic E-state index is -0.716. The fraction of sp³-hybridized carbons (Fsp3) is 0.0426. The van der Waals surface area contributed by atoms with Crippen LogP contribution in [-0.2, 0) is 28.9 Å². The second-order valence-electron chi connectivity index (χ2n) is 13.0. The molecule has 1 unspecified atom stereocenters. The molecular formula is C47H31FFeO2. The zero-order valence-electron chi connectivity index (χ0n) is 27.5. The minimum absolute atomic E-state index is 0. The van der Waals surface area contributed by atoms with Crippen LogP contribution in [0.3, 0.4) is 0 Å². The number of esters is 1. The van der Waals surface area contributed by atoms with E-state index >= 15 is 0 Å². The van der Waals surface area contributed by atoms with Gasteiger partial charge in [-0.1, -0.05) is 97.1 Å². The van der Waals surface area contributed by atoms with Crippen LogP contribution in [0.1, 0.15) is 27.0 Å². The maximum atomic E-state index is 14.8. The normalized spacial score (nSPS) is 14.8. The van der Waals surface area contributed by atoms with E-state index in [4.69, 9.17) is 4.74 Å². The van der Waals surface area contributed by atoms with Gasteiger partial charge < -0.3 is 4.74 Å². The van der Waals surface area contributed by atoms with Crippen molar-refractivity contribution in [2.24, 2.45) is 0 Å². The standard InChI is InChI=1S/C42H26FO2.C5H5.Fe/c43-37-17-9-8-16-34(37)41(44)45-38-22-28-25-42(30-13-5-6-14-30,29-11-2-1-3-12-29)24-27-19-21-33-32-20-18-26-10-4-7-15-31(26)35(32)23-36(38)40(33)39(27)28;1-2-4-5-3-1;/h1-23,25H,24H2;1-5H;/q2*-1;+2. The van der Waals surface area contributed by atoms with Gasteiger partial charge in [0.25, 0.3) is 0 Å². The Morgan fingerprint density at radius 2 is 1.39 bits per heavy atom. The Bertz CT molecular complexity index is 2710. The van der Waals surface area contributed by atoms with E-state index in [0.29, 0.717) is 5.75 Å². The van der Waals surface area contributed by atoms with E-state index in [-0.39, 0.29) is 22.6 Å². The zero-order valence-corrected chi connectivity index (χ0v) is 28.6. The van der Waals surface area contributed by atoms with E-state index in [1.165, 1.54) is 34.2 Å². The van der Waals surface area contributed by atoms with Gasteiger partial charge in [0.15, 0.2) is 0 Å². The van der Waals surface area contributed by atoms with E-state index in [1.54, 1.807) is 12.1 Å². The molecule has 0 saturated heterocycles. The molecule has 0 amide bonds. The molecule has 2 nitrogen and oxygen atoms in total. The number of rotatable bonds is 4. The number of fused-ring (bicyclic) bond motifs is 4. The predicted molar refractivity (Wildman–Crippen MR) is 203 cm³/mol. The molecule has 246 valence electrons. The maximum absolute atomic E-state index is 14.8. The minimum Gasteiger partial charge on any atom is -0.422 e. The first kappa shape index (κ1) is 32.4. The van der Waals surface area contributed by atoms with Gasteiger partial charge in [-0.2, -0.15) is 30.3 Å². The summed E-state index contributed by atoms with van der Waals surface area (Å²) in [7, 11) is 0. The average molecular weight is 703 g/mol. The van der Waals surface area contributed by atoms with E-state index in [1.807, 2.05) is 54.6 Å². The Balaban J connectivity index is 0.000000576. The first-order valence-corrected chi connectivity index (χ1v) is 16.9. The summed E-state index contributed by atoms with van der Waals surface area (Å²) < 4.78 is 20.9. The van der Waals surface area contributed by atoms with Crippen molar-refractivity contribution in [2.75, 3.05) is 0 Å². The fourth-order valence-corrected chi connectivity index (χ4v) is 7.88. The van der Waals surface area contributed by atoms with Crippen molar-refractivity contribution < 1.29 is 31.0 Å². The Morgan fingerprint density at radius 3 is 2.16 bits per heavy atom. The molecule has 0 N–H and O–H groups in total. The molecule has 4 heteroatoms. The van der Waals surface area contributed by atoms with Gasteiger partial charge in [0.05, 0.1) is 5.56 Å². The summed E-state index contributed by atoms with van der Waals surface area (Å²) in [6.45, 7) is 0. The van der Waals surface area contributed by atoms with Crippen LogP contribution in [0.15, 0.2) is 170 Å². The molecular weight excluding hydrogens is 671 g/mol. The van der Waals surface area contributed by atoms with Crippen molar-refractivity contribution in [2.45, 2.75) is 11.8 Å². The van der Waals surface area contributed by atoms with E-state index in [0.717, 1.165) is 49.3 Å². The number of ether oxygens (including phenoxy) is 1. The van der Waals surface area contributed by atoms with Gasteiger partial charge in [-0.25, -0.2) is 33.5 Å². The van der Waals surface area contributed by atoms with Gasteiger partial charge in [-0.3, -0.25) is 0 Å². The number of carbonyl (C=O) groups is 1. The molecule has 1 atom stereocenters. The third kappa shape index (κ3) is 5.45. The van der Waals surface area contributed by atoms with Crippen LogP contribution in [0.25, 0.3) is 49.2 Å². The Kier molecular flexibility index (Phi) is 8.36. The molecule has 9 aromatic carbocycles. The number of carbonyl (C=O) groups excluding carboxylic acids is 1. The van der Waals surface area contributed by atoms with Gasteiger partial charge in [0.1, 0.15) is 11.6 Å². The molecule has 1 aliphatic carbocycles. The van der Waals surface area contributed by atoms with E-state index < -0.39 is 17.2 Å². The van der Waals surface area contributed by atoms with Crippen molar-refractivity contribution >= 4 is 55.1 Å². The first-order valence-electron chi connectivity index (χ1n) is 16.9. The summed E-state index contributed by atoms with van der Waals surface area (Å²) in [6.07, 6.45) is 3.13. The van der Waals surface area contributed by atoms with Crippen LogP contribution in [0, 0.1) is 5.82 Å². The molecule has 1 aliphatic rings. The molecule has 10 rings (SSSR count). The smallest absolute Gasteiger partial charge is 0.422 e. The second-order valence-corrected chi connectivity index (χ2v) is 13.0. The molecule has 0 fully saturated rings. The SMILES string of the molecule is O=C(Oc1cc2c3c(ccc4c5ccc6ccccc6c5cc1c34)CC(c1ccccc1)([c-]1cccc1)C=2)c1ccccc1F.[Fe+2].c1cc[cH-]c1. The van der Waals surface area contributed by atoms with Gasteiger partial charge in [0, 0.05) is 10.8 Å². The summed E-state index contributed by atoms with van der Waals surface area (Å²) in [5.74, 6) is -0.898. The quantitative estimate of drug-likeness (QED) is 0.0456. The van der Waals surface area contributed by atoms with Gasteiger partial charge in [0.2, 0.25) is 0 Å². The summed E-state index contributed by atoms with van der Waals surface area (Å²) in [5.41, 5.74) is 3.14.